The van der Waals surface area contributed by atoms with Gasteiger partial charge in [0, 0.05) is 43.0 Å². The fourth-order valence-corrected chi connectivity index (χ4v) is 5.46. The molecule has 1 aromatic carbocycles. The van der Waals surface area contributed by atoms with Crippen molar-refractivity contribution >= 4 is 11.5 Å². The van der Waals surface area contributed by atoms with Crippen molar-refractivity contribution in [2.45, 2.75) is 38.3 Å². The number of hydrogen-bond acceptors (Lipinski definition) is 6. The maximum Gasteiger partial charge on any atom is 0.155 e. The second-order valence-electron chi connectivity index (χ2n) is 9.48. The lowest BCUT2D eigenvalue weighted by molar-refractivity contribution is 0.207. The number of benzene rings is 1. The average molecular weight is 472 g/mol. The zero-order valence-corrected chi connectivity index (χ0v) is 19.8. The van der Waals surface area contributed by atoms with Crippen LogP contribution < -0.4 is 10.6 Å². The predicted molar refractivity (Wildman–Crippen MR) is 136 cm³/mol. The lowest BCUT2D eigenvalue weighted by atomic mass is 10.0. The van der Waals surface area contributed by atoms with Gasteiger partial charge in [0.05, 0.1) is 11.4 Å². The van der Waals surface area contributed by atoms with Crippen LogP contribution >= 0.6 is 0 Å². The lowest BCUT2D eigenvalue weighted by Gasteiger charge is -2.37. The molecular weight excluding hydrogens is 441 g/mol. The number of fused-ring (bicyclic) bond motifs is 1. The largest absolute Gasteiger partial charge is 0.355 e. The second kappa shape index (κ2) is 9.36. The number of likely N-dealkylation sites (tertiary alicyclic amines) is 1. The Labute approximate surface area is 204 Å². The molecule has 8 heteroatoms. The van der Waals surface area contributed by atoms with E-state index in [9.17, 15) is 4.39 Å². The van der Waals surface area contributed by atoms with Gasteiger partial charge in [-0.2, -0.15) is 0 Å². The summed E-state index contributed by atoms with van der Waals surface area (Å²) in [6.45, 7) is 4.84. The van der Waals surface area contributed by atoms with E-state index in [0.717, 1.165) is 52.8 Å². The smallest absolute Gasteiger partial charge is 0.155 e. The average Bonchev–Trinajstić information content (AvgIpc) is 3.57. The number of aromatic nitrogens is 4. The Morgan fingerprint density at radius 1 is 0.914 bits per heavy atom. The van der Waals surface area contributed by atoms with E-state index in [1.54, 1.807) is 18.3 Å². The highest BCUT2D eigenvalue weighted by atomic mass is 19.1. The molecule has 0 saturated carbocycles. The zero-order valence-electron chi connectivity index (χ0n) is 19.8. The maximum atomic E-state index is 13.6. The van der Waals surface area contributed by atoms with Crippen LogP contribution in [0, 0.1) is 5.82 Å². The molecule has 2 aliphatic rings. The van der Waals surface area contributed by atoms with Gasteiger partial charge >= 0.3 is 0 Å². The lowest BCUT2D eigenvalue weighted by Crippen LogP contribution is -2.44. The molecule has 2 N–H and O–H groups in total. The van der Waals surface area contributed by atoms with Gasteiger partial charge in [-0.05, 0) is 87.3 Å². The van der Waals surface area contributed by atoms with Crippen LogP contribution in [0.4, 0.5) is 10.2 Å². The molecule has 3 aromatic heterocycles. The van der Waals surface area contributed by atoms with E-state index in [1.807, 2.05) is 22.7 Å². The highest BCUT2D eigenvalue weighted by Crippen LogP contribution is 2.33. The van der Waals surface area contributed by atoms with E-state index >= 15 is 0 Å². The van der Waals surface area contributed by atoms with Crippen LogP contribution in [-0.2, 0) is 6.54 Å². The van der Waals surface area contributed by atoms with E-state index in [-0.39, 0.29) is 5.82 Å². The number of hydrogen-bond donors (Lipinski definition) is 1. The van der Waals surface area contributed by atoms with Crippen LogP contribution in [0.25, 0.3) is 28.2 Å². The van der Waals surface area contributed by atoms with Crippen molar-refractivity contribution in [3.05, 3.63) is 66.2 Å². The fraction of sp³-hybridized carbons (Fsp3) is 0.370. The molecule has 2 saturated heterocycles. The number of piperidine rings is 1. The Morgan fingerprint density at radius 3 is 2.43 bits per heavy atom. The molecule has 0 atom stereocenters. The van der Waals surface area contributed by atoms with Crippen LogP contribution in [0.15, 0.2) is 54.7 Å². The molecule has 6 rings (SSSR count). The first-order chi connectivity index (χ1) is 17.2. The molecular formula is C27H30FN7. The van der Waals surface area contributed by atoms with Crippen molar-refractivity contribution in [1.29, 1.82) is 0 Å². The molecule has 0 unspecified atom stereocenters. The number of rotatable bonds is 5. The minimum Gasteiger partial charge on any atom is -0.355 e. The molecule has 2 fully saturated rings. The summed E-state index contributed by atoms with van der Waals surface area (Å²) in [6, 6.07) is 15.2. The number of nitrogens with zero attached hydrogens (tertiary/aromatic N) is 6. The van der Waals surface area contributed by atoms with Crippen LogP contribution in [-0.4, -0.2) is 56.7 Å². The molecule has 7 nitrogen and oxygen atoms in total. The SMILES string of the molecule is NCc1cc(-c2c(-c3ccc(F)cc3)nc3ccc(N4CCC(N5CCCC5)CC4)nn23)ccn1. The summed E-state index contributed by atoms with van der Waals surface area (Å²) >= 11 is 0. The number of nitrogens with two attached hydrogens (primary N) is 1. The molecule has 0 spiro atoms. The topological polar surface area (TPSA) is 75.6 Å². The van der Waals surface area contributed by atoms with Crippen LogP contribution in [0.2, 0.25) is 0 Å². The summed E-state index contributed by atoms with van der Waals surface area (Å²) in [7, 11) is 0. The van der Waals surface area contributed by atoms with E-state index in [1.165, 1.54) is 50.9 Å². The molecule has 35 heavy (non-hydrogen) atoms. The van der Waals surface area contributed by atoms with Crippen molar-refractivity contribution in [3.63, 3.8) is 0 Å². The standard InChI is InChI=1S/C27H30FN7/c28-21-5-3-19(4-6-21)26-27(20-9-12-30-22(17-20)18-29)35-24(31-26)7-8-25(32-35)34-15-10-23(11-16-34)33-13-1-2-14-33/h3-9,12,17,23H,1-2,10-11,13-16,18,29H2. The first-order valence-electron chi connectivity index (χ1n) is 12.5. The first kappa shape index (κ1) is 22.1. The molecule has 0 aliphatic carbocycles. The van der Waals surface area contributed by atoms with Gasteiger partial charge in [0.25, 0.3) is 0 Å². The summed E-state index contributed by atoms with van der Waals surface area (Å²) in [5, 5.41) is 5.06. The summed E-state index contributed by atoms with van der Waals surface area (Å²) in [6.07, 6.45) is 6.76. The van der Waals surface area contributed by atoms with Gasteiger partial charge < -0.3 is 15.5 Å². The third-order valence-electron chi connectivity index (χ3n) is 7.33. The van der Waals surface area contributed by atoms with Crippen LogP contribution in [0.5, 0.6) is 0 Å². The van der Waals surface area contributed by atoms with Gasteiger partial charge in [0.2, 0.25) is 0 Å². The van der Waals surface area contributed by atoms with E-state index < -0.39 is 0 Å². The Morgan fingerprint density at radius 2 is 1.69 bits per heavy atom. The minimum absolute atomic E-state index is 0.272. The molecule has 0 radical (unpaired) electrons. The summed E-state index contributed by atoms with van der Waals surface area (Å²) in [5.74, 6) is 0.681. The number of anilines is 1. The van der Waals surface area contributed by atoms with Gasteiger partial charge in [-0.25, -0.2) is 13.9 Å². The summed E-state index contributed by atoms with van der Waals surface area (Å²) < 4.78 is 15.6. The zero-order chi connectivity index (χ0) is 23.8. The van der Waals surface area contributed by atoms with E-state index in [0.29, 0.717) is 12.6 Å². The molecule has 4 aromatic rings. The van der Waals surface area contributed by atoms with Crippen molar-refractivity contribution in [2.75, 3.05) is 31.1 Å². The quantitative estimate of drug-likeness (QED) is 0.472. The molecule has 2 aliphatic heterocycles. The van der Waals surface area contributed by atoms with Crippen molar-refractivity contribution in [1.82, 2.24) is 24.5 Å². The van der Waals surface area contributed by atoms with Gasteiger partial charge in [-0.3, -0.25) is 4.98 Å². The first-order valence-corrected chi connectivity index (χ1v) is 12.5. The van der Waals surface area contributed by atoms with E-state index in [2.05, 4.69) is 20.9 Å². The van der Waals surface area contributed by atoms with Crippen molar-refractivity contribution < 1.29 is 4.39 Å². The van der Waals surface area contributed by atoms with Crippen molar-refractivity contribution in [3.8, 4) is 22.5 Å². The third-order valence-corrected chi connectivity index (χ3v) is 7.33. The van der Waals surface area contributed by atoms with Gasteiger partial charge in [0.1, 0.15) is 17.3 Å². The van der Waals surface area contributed by atoms with Gasteiger partial charge in [-0.15, -0.1) is 5.10 Å². The van der Waals surface area contributed by atoms with Crippen LogP contribution in [0.1, 0.15) is 31.4 Å². The van der Waals surface area contributed by atoms with E-state index in [4.69, 9.17) is 15.8 Å². The predicted octanol–water partition coefficient (Wildman–Crippen LogP) is 4.12. The van der Waals surface area contributed by atoms with Gasteiger partial charge in [0.15, 0.2) is 5.65 Å². The number of halogens is 1. The molecule has 5 heterocycles. The summed E-state index contributed by atoms with van der Waals surface area (Å²) in [5.41, 5.74) is 10.8. The molecule has 180 valence electrons. The van der Waals surface area contributed by atoms with Crippen molar-refractivity contribution in [2.24, 2.45) is 5.73 Å². The minimum atomic E-state index is -0.272. The van der Waals surface area contributed by atoms with Crippen LogP contribution in [0.3, 0.4) is 0 Å². The Kier molecular flexibility index (Phi) is 5.91. The Bertz CT molecular complexity index is 1320. The summed E-state index contributed by atoms with van der Waals surface area (Å²) in [4.78, 5) is 14.3. The highest BCUT2D eigenvalue weighted by Gasteiger charge is 2.27. The number of imidazole rings is 1. The Balaban J connectivity index is 1.39. The molecule has 0 amide bonds. The third kappa shape index (κ3) is 4.28. The normalized spacial score (nSPS) is 17.5. The Hall–Kier alpha value is -3.36. The highest BCUT2D eigenvalue weighted by molar-refractivity contribution is 5.81. The maximum absolute atomic E-state index is 13.6. The molecule has 0 bridgehead atoms. The second-order valence-corrected chi connectivity index (χ2v) is 9.48. The monoisotopic (exact) mass is 471 g/mol. The fourth-order valence-electron chi connectivity index (χ4n) is 5.46. The van der Waals surface area contributed by atoms with Gasteiger partial charge in [-0.1, -0.05) is 0 Å². The number of pyridine rings is 1.